The standard InChI is InChI=1S/C13H15F3O2/c1-8(17)12(5-6-12)10-4-3-9(18-2)7-11(10)13(14,15)16/h3-4,7-8,17H,5-6H2,1-2H3. The van der Waals surface area contributed by atoms with Gasteiger partial charge in [-0.1, -0.05) is 6.07 Å². The molecule has 18 heavy (non-hydrogen) atoms. The molecule has 1 aliphatic carbocycles. The van der Waals surface area contributed by atoms with Gasteiger partial charge in [0.2, 0.25) is 0 Å². The predicted octanol–water partition coefficient (Wildman–Crippen LogP) is 3.13. The predicted molar refractivity (Wildman–Crippen MR) is 60.6 cm³/mol. The van der Waals surface area contributed by atoms with Crippen molar-refractivity contribution in [3.63, 3.8) is 0 Å². The fraction of sp³-hybridized carbons (Fsp3) is 0.538. The third-order valence-corrected chi connectivity index (χ3v) is 3.66. The lowest BCUT2D eigenvalue weighted by Gasteiger charge is -2.24. The Morgan fingerprint density at radius 2 is 1.94 bits per heavy atom. The first-order valence-corrected chi connectivity index (χ1v) is 5.75. The molecule has 0 amide bonds. The molecule has 1 N–H and O–H groups in total. The summed E-state index contributed by atoms with van der Waals surface area (Å²) in [6.07, 6.45) is -4.05. The highest BCUT2D eigenvalue weighted by atomic mass is 19.4. The van der Waals surface area contributed by atoms with E-state index >= 15 is 0 Å². The van der Waals surface area contributed by atoms with E-state index in [1.165, 1.54) is 26.2 Å². The summed E-state index contributed by atoms with van der Waals surface area (Å²) in [5.41, 5.74) is -1.28. The topological polar surface area (TPSA) is 29.5 Å². The van der Waals surface area contributed by atoms with Crippen LogP contribution >= 0.6 is 0 Å². The fourth-order valence-corrected chi connectivity index (χ4v) is 2.37. The van der Waals surface area contributed by atoms with Gasteiger partial charge in [0.05, 0.1) is 18.8 Å². The molecule has 100 valence electrons. The minimum Gasteiger partial charge on any atom is -0.497 e. The number of aliphatic hydroxyl groups is 1. The van der Waals surface area contributed by atoms with Gasteiger partial charge in [-0.2, -0.15) is 13.2 Å². The number of benzene rings is 1. The largest absolute Gasteiger partial charge is 0.497 e. The zero-order valence-corrected chi connectivity index (χ0v) is 10.2. The van der Waals surface area contributed by atoms with Gasteiger partial charge in [0.15, 0.2) is 0 Å². The lowest BCUT2D eigenvalue weighted by Crippen LogP contribution is -2.26. The maximum absolute atomic E-state index is 13.0. The van der Waals surface area contributed by atoms with Crippen LogP contribution in [0.3, 0.4) is 0 Å². The number of rotatable bonds is 3. The van der Waals surface area contributed by atoms with E-state index in [1.807, 2.05) is 0 Å². The fourth-order valence-electron chi connectivity index (χ4n) is 2.37. The van der Waals surface area contributed by atoms with Gasteiger partial charge in [0.1, 0.15) is 5.75 Å². The number of aliphatic hydroxyl groups excluding tert-OH is 1. The summed E-state index contributed by atoms with van der Waals surface area (Å²) >= 11 is 0. The zero-order chi connectivity index (χ0) is 13.6. The molecule has 1 unspecified atom stereocenters. The van der Waals surface area contributed by atoms with E-state index in [4.69, 9.17) is 4.74 Å². The van der Waals surface area contributed by atoms with Crippen molar-refractivity contribution in [2.24, 2.45) is 0 Å². The molecular weight excluding hydrogens is 245 g/mol. The molecule has 0 heterocycles. The normalized spacial score (nSPS) is 19.4. The quantitative estimate of drug-likeness (QED) is 0.904. The summed E-state index contributed by atoms with van der Waals surface area (Å²) in [7, 11) is 1.33. The van der Waals surface area contributed by atoms with E-state index < -0.39 is 23.3 Å². The first-order valence-electron chi connectivity index (χ1n) is 5.75. The van der Waals surface area contributed by atoms with Crippen molar-refractivity contribution in [2.75, 3.05) is 7.11 Å². The molecule has 0 radical (unpaired) electrons. The van der Waals surface area contributed by atoms with E-state index in [1.54, 1.807) is 0 Å². The molecule has 5 heteroatoms. The summed E-state index contributed by atoms with van der Waals surface area (Å²) < 4.78 is 44.0. The van der Waals surface area contributed by atoms with E-state index in [2.05, 4.69) is 0 Å². The van der Waals surface area contributed by atoms with Gasteiger partial charge >= 0.3 is 6.18 Å². The molecular formula is C13H15F3O2. The molecule has 0 spiro atoms. The Labute approximate surface area is 103 Å². The van der Waals surface area contributed by atoms with Crippen LogP contribution in [0.4, 0.5) is 13.2 Å². The molecule has 1 aromatic carbocycles. The molecule has 1 saturated carbocycles. The van der Waals surface area contributed by atoms with Crippen LogP contribution in [-0.2, 0) is 11.6 Å². The Morgan fingerprint density at radius 3 is 2.33 bits per heavy atom. The molecule has 1 atom stereocenters. The van der Waals surface area contributed by atoms with Crippen molar-refractivity contribution in [1.82, 2.24) is 0 Å². The summed E-state index contributed by atoms with van der Waals surface area (Å²) in [5, 5.41) is 9.71. The summed E-state index contributed by atoms with van der Waals surface area (Å²) in [4.78, 5) is 0. The highest BCUT2D eigenvalue weighted by molar-refractivity contribution is 5.45. The maximum atomic E-state index is 13.0. The molecule has 2 nitrogen and oxygen atoms in total. The number of halogens is 3. The second kappa shape index (κ2) is 4.16. The first-order chi connectivity index (χ1) is 8.31. The van der Waals surface area contributed by atoms with Crippen LogP contribution in [0.15, 0.2) is 18.2 Å². The lowest BCUT2D eigenvalue weighted by molar-refractivity contribution is -0.138. The molecule has 2 rings (SSSR count). The monoisotopic (exact) mass is 260 g/mol. The van der Waals surface area contributed by atoms with Gasteiger partial charge in [0, 0.05) is 5.41 Å². The van der Waals surface area contributed by atoms with E-state index in [-0.39, 0.29) is 11.3 Å². The number of methoxy groups -OCH3 is 1. The average Bonchev–Trinajstić information content (AvgIpc) is 3.08. The van der Waals surface area contributed by atoms with E-state index in [0.717, 1.165) is 6.07 Å². The Bertz CT molecular complexity index is 448. The molecule has 0 bridgehead atoms. The molecule has 0 aliphatic heterocycles. The van der Waals surface area contributed by atoms with Crippen LogP contribution in [0.1, 0.15) is 30.9 Å². The third-order valence-electron chi connectivity index (χ3n) is 3.66. The number of alkyl halides is 3. The summed E-state index contributed by atoms with van der Waals surface area (Å²) in [5.74, 6) is 0.174. The van der Waals surface area contributed by atoms with Crippen molar-refractivity contribution in [2.45, 2.75) is 37.5 Å². The van der Waals surface area contributed by atoms with Crippen molar-refractivity contribution < 1.29 is 23.0 Å². The zero-order valence-electron chi connectivity index (χ0n) is 10.2. The van der Waals surface area contributed by atoms with Gasteiger partial charge < -0.3 is 9.84 Å². The molecule has 1 fully saturated rings. The van der Waals surface area contributed by atoms with E-state index in [0.29, 0.717) is 12.8 Å². The Hall–Kier alpha value is -1.23. The second-order valence-corrected chi connectivity index (χ2v) is 4.74. The lowest BCUT2D eigenvalue weighted by atomic mass is 9.87. The molecule has 1 aliphatic rings. The van der Waals surface area contributed by atoms with E-state index in [9.17, 15) is 18.3 Å². The van der Waals surface area contributed by atoms with Crippen LogP contribution < -0.4 is 4.74 Å². The van der Waals surface area contributed by atoms with Crippen molar-refractivity contribution >= 4 is 0 Å². The van der Waals surface area contributed by atoms with Gasteiger partial charge in [-0.15, -0.1) is 0 Å². The second-order valence-electron chi connectivity index (χ2n) is 4.74. The van der Waals surface area contributed by atoms with Crippen LogP contribution in [0, 0.1) is 0 Å². The Kier molecular flexibility index (Phi) is 3.05. The Morgan fingerprint density at radius 1 is 1.33 bits per heavy atom. The van der Waals surface area contributed by atoms with Crippen LogP contribution in [0.25, 0.3) is 0 Å². The average molecular weight is 260 g/mol. The Balaban J connectivity index is 2.54. The van der Waals surface area contributed by atoms with Gasteiger partial charge in [-0.25, -0.2) is 0 Å². The number of hydrogen-bond acceptors (Lipinski definition) is 2. The van der Waals surface area contributed by atoms with Gasteiger partial charge in [-0.05, 0) is 37.5 Å². The van der Waals surface area contributed by atoms with Crippen LogP contribution in [0.5, 0.6) is 5.75 Å². The van der Waals surface area contributed by atoms with Crippen molar-refractivity contribution in [3.05, 3.63) is 29.3 Å². The highest BCUT2D eigenvalue weighted by Gasteiger charge is 2.52. The number of hydrogen-bond donors (Lipinski definition) is 1. The summed E-state index contributed by atoms with van der Waals surface area (Å²) in [6.45, 7) is 1.54. The minimum absolute atomic E-state index is 0.172. The summed E-state index contributed by atoms with van der Waals surface area (Å²) in [6, 6.07) is 3.92. The first kappa shape index (κ1) is 13.2. The van der Waals surface area contributed by atoms with Crippen molar-refractivity contribution in [1.29, 1.82) is 0 Å². The molecule has 0 aromatic heterocycles. The SMILES string of the molecule is COc1ccc(C2(C(C)O)CC2)c(C(F)(F)F)c1. The van der Waals surface area contributed by atoms with Crippen LogP contribution in [0.2, 0.25) is 0 Å². The smallest absolute Gasteiger partial charge is 0.416 e. The minimum atomic E-state index is -4.44. The van der Waals surface area contributed by atoms with Gasteiger partial charge in [-0.3, -0.25) is 0 Å². The molecule has 1 aromatic rings. The third kappa shape index (κ3) is 2.07. The highest BCUT2D eigenvalue weighted by Crippen LogP contribution is 2.54. The number of ether oxygens (including phenoxy) is 1. The maximum Gasteiger partial charge on any atom is 0.416 e. The van der Waals surface area contributed by atoms with Crippen molar-refractivity contribution in [3.8, 4) is 5.75 Å². The van der Waals surface area contributed by atoms with Crippen LogP contribution in [-0.4, -0.2) is 18.3 Å². The van der Waals surface area contributed by atoms with Gasteiger partial charge in [0.25, 0.3) is 0 Å². The molecule has 0 saturated heterocycles.